The summed E-state index contributed by atoms with van der Waals surface area (Å²) in [4.78, 5) is 28.8. The first kappa shape index (κ1) is 27.5. The molecule has 0 saturated carbocycles. The van der Waals surface area contributed by atoms with Gasteiger partial charge >= 0.3 is 0 Å². The maximum Gasteiger partial charge on any atom is 0.270 e. The van der Waals surface area contributed by atoms with Gasteiger partial charge in [-0.3, -0.25) is 19.1 Å². The maximum absolute atomic E-state index is 13.6. The summed E-state index contributed by atoms with van der Waals surface area (Å²) < 4.78 is 12.9. The molecule has 204 valence electrons. The fraction of sp³-hybridized carbons (Fsp3) is 0.267. The van der Waals surface area contributed by atoms with Crippen molar-refractivity contribution in [1.82, 2.24) is 9.47 Å². The van der Waals surface area contributed by atoms with Gasteiger partial charge in [-0.1, -0.05) is 67.3 Å². The van der Waals surface area contributed by atoms with E-state index in [0.29, 0.717) is 63.7 Å². The Morgan fingerprint density at radius 2 is 1.90 bits per heavy atom. The van der Waals surface area contributed by atoms with Crippen molar-refractivity contribution in [2.45, 2.75) is 39.8 Å². The Morgan fingerprint density at radius 1 is 1.12 bits per heavy atom. The van der Waals surface area contributed by atoms with E-state index in [4.69, 9.17) is 21.7 Å². The van der Waals surface area contributed by atoms with Crippen LogP contribution in [-0.2, 0) is 24.3 Å². The van der Waals surface area contributed by atoms with Gasteiger partial charge in [-0.25, -0.2) is 0 Å². The zero-order valence-corrected chi connectivity index (χ0v) is 23.9. The van der Waals surface area contributed by atoms with Crippen molar-refractivity contribution in [2.75, 3.05) is 18.7 Å². The number of pyridine rings is 1. The van der Waals surface area contributed by atoms with Gasteiger partial charge in [-0.05, 0) is 54.7 Å². The van der Waals surface area contributed by atoms with Crippen molar-refractivity contribution in [1.29, 1.82) is 5.26 Å². The van der Waals surface area contributed by atoms with Gasteiger partial charge in [0.2, 0.25) is 6.79 Å². The average molecular weight is 573 g/mol. The smallest absolute Gasteiger partial charge is 0.270 e. The summed E-state index contributed by atoms with van der Waals surface area (Å²) >= 11 is 6.80. The molecule has 3 aromatic rings. The fourth-order valence-electron chi connectivity index (χ4n) is 4.75. The SMILES string of the molecule is CCCn1c(NCCc2ccccc2)c(/C=C2/SC(=S)N(Cc3ccc4c(c3)OCO4)C2=O)c(C)c(C#N)c1=O. The highest BCUT2D eigenvalue weighted by molar-refractivity contribution is 8.26. The lowest BCUT2D eigenvalue weighted by molar-refractivity contribution is -0.122. The Balaban J connectivity index is 1.48. The minimum absolute atomic E-state index is 0.0733. The molecule has 1 saturated heterocycles. The predicted molar refractivity (Wildman–Crippen MR) is 160 cm³/mol. The molecule has 2 aliphatic heterocycles. The van der Waals surface area contributed by atoms with Gasteiger partial charge in [0.15, 0.2) is 11.5 Å². The highest BCUT2D eigenvalue weighted by Crippen LogP contribution is 2.37. The van der Waals surface area contributed by atoms with E-state index < -0.39 is 0 Å². The summed E-state index contributed by atoms with van der Waals surface area (Å²) in [6.07, 6.45) is 3.21. The zero-order chi connectivity index (χ0) is 28.2. The Kier molecular flexibility index (Phi) is 8.24. The molecule has 0 aliphatic carbocycles. The van der Waals surface area contributed by atoms with E-state index in [1.54, 1.807) is 22.5 Å². The standard InChI is InChI=1S/C30H28N4O4S2/c1-3-13-33-27(32-12-11-20-7-5-4-6-8-20)22(19(2)23(16-31)28(33)35)15-26-29(36)34(30(39)40-26)17-21-9-10-24-25(14-21)38-18-37-24/h4-10,14-15,32H,3,11-13,17-18H2,1-2H3/b26-15+. The van der Waals surface area contributed by atoms with Crippen LogP contribution in [-0.4, -0.2) is 33.0 Å². The largest absolute Gasteiger partial charge is 0.454 e. The van der Waals surface area contributed by atoms with Crippen LogP contribution in [0.3, 0.4) is 0 Å². The molecular formula is C30H28N4O4S2. The van der Waals surface area contributed by atoms with E-state index >= 15 is 0 Å². The number of rotatable bonds is 9. The van der Waals surface area contributed by atoms with Gasteiger partial charge in [0.25, 0.3) is 11.5 Å². The lowest BCUT2D eigenvalue weighted by Gasteiger charge is -2.20. The van der Waals surface area contributed by atoms with E-state index in [9.17, 15) is 14.9 Å². The zero-order valence-electron chi connectivity index (χ0n) is 22.2. The number of nitrogens with one attached hydrogen (secondary N) is 1. The van der Waals surface area contributed by atoms with E-state index in [1.807, 2.05) is 43.3 Å². The summed E-state index contributed by atoms with van der Waals surface area (Å²) in [5.74, 6) is 1.68. The molecule has 1 amide bonds. The quantitative estimate of drug-likeness (QED) is 0.275. The molecule has 1 N–H and O–H groups in total. The molecule has 0 unspecified atom stereocenters. The van der Waals surface area contributed by atoms with Crippen LogP contribution in [0.4, 0.5) is 5.82 Å². The van der Waals surface area contributed by atoms with Crippen LogP contribution in [0.1, 0.15) is 41.2 Å². The number of ether oxygens (including phenoxy) is 2. The number of amides is 1. The molecule has 40 heavy (non-hydrogen) atoms. The van der Waals surface area contributed by atoms with Crippen LogP contribution < -0.4 is 20.3 Å². The molecule has 1 fully saturated rings. The number of carbonyl (C=O) groups excluding carboxylic acids is 1. The predicted octanol–water partition coefficient (Wildman–Crippen LogP) is 5.22. The number of aromatic nitrogens is 1. The first-order valence-corrected chi connectivity index (χ1v) is 14.2. The molecule has 10 heteroatoms. The number of anilines is 1. The summed E-state index contributed by atoms with van der Waals surface area (Å²) in [7, 11) is 0. The number of hydrogen-bond acceptors (Lipinski definition) is 8. The first-order chi connectivity index (χ1) is 19.4. The summed E-state index contributed by atoms with van der Waals surface area (Å²) in [6.45, 7) is 5.20. The van der Waals surface area contributed by atoms with Crippen LogP contribution in [0.2, 0.25) is 0 Å². The Bertz CT molecular complexity index is 1610. The van der Waals surface area contributed by atoms with Gasteiger partial charge in [0.1, 0.15) is 21.8 Å². The number of hydrogen-bond donors (Lipinski definition) is 1. The topological polar surface area (TPSA) is 96.6 Å². The number of nitrogens with zero attached hydrogens (tertiary/aromatic N) is 3. The van der Waals surface area contributed by atoms with E-state index in [2.05, 4.69) is 23.5 Å². The number of fused-ring (bicyclic) bond motifs is 1. The van der Waals surface area contributed by atoms with Crippen molar-refractivity contribution in [3.8, 4) is 17.6 Å². The van der Waals surface area contributed by atoms with Gasteiger partial charge < -0.3 is 14.8 Å². The van der Waals surface area contributed by atoms with Crippen LogP contribution in [0.25, 0.3) is 6.08 Å². The number of thioether (sulfide) groups is 1. The van der Waals surface area contributed by atoms with Gasteiger partial charge in [0.05, 0.1) is 11.4 Å². The Labute approximate surface area is 242 Å². The molecule has 2 aliphatic rings. The second-order valence-electron chi connectivity index (χ2n) is 9.45. The summed E-state index contributed by atoms with van der Waals surface area (Å²) in [5.41, 5.74) is 2.94. The number of nitriles is 1. The minimum atomic E-state index is -0.337. The highest BCUT2D eigenvalue weighted by atomic mass is 32.2. The molecular weight excluding hydrogens is 544 g/mol. The van der Waals surface area contributed by atoms with Gasteiger partial charge in [-0.15, -0.1) is 0 Å². The average Bonchev–Trinajstić information content (AvgIpc) is 3.53. The molecule has 5 rings (SSSR count). The molecule has 0 bridgehead atoms. The van der Waals surface area contributed by atoms with Crippen LogP contribution in [0.15, 0.2) is 58.2 Å². The van der Waals surface area contributed by atoms with Gasteiger partial charge in [0, 0.05) is 18.7 Å². The minimum Gasteiger partial charge on any atom is -0.454 e. The molecule has 1 aromatic heterocycles. The van der Waals surface area contributed by atoms with Gasteiger partial charge in [-0.2, -0.15) is 5.26 Å². The Morgan fingerprint density at radius 3 is 2.65 bits per heavy atom. The molecule has 3 heterocycles. The van der Waals surface area contributed by atoms with Crippen molar-refractivity contribution in [3.05, 3.63) is 91.6 Å². The lowest BCUT2D eigenvalue weighted by Crippen LogP contribution is -2.29. The Hall–Kier alpha value is -4.07. The highest BCUT2D eigenvalue weighted by Gasteiger charge is 2.33. The van der Waals surface area contributed by atoms with Crippen LogP contribution in [0, 0.1) is 18.3 Å². The monoisotopic (exact) mass is 572 g/mol. The summed E-state index contributed by atoms with van der Waals surface area (Å²) in [6, 6.07) is 17.7. The molecule has 0 atom stereocenters. The van der Waals surface area contributed by atoms with E-state index in [1.165, 1.54) is 11.8 Å². The molecule has 2 aromatic carbocycles. The maximum atomic E-state index is 13.6. The normalized spacial score (nSPS) is 15.1. The summed E-state index contributed by atoms with van der Waals surface area (Å²) in [5, 5.41) is 13.3. The number of benzene rings is 2. The molecule has 8 nitrogen and oxygen atoms in total. The number of carbonyl (C=O) groups is 1. The third-order valence-electron chi connectivity index (χ3n) is 6.80. The van der Waals surface area contributed by atoms with E-state index in [0.717, 1.165) is 17.5 Å². The van der Waals surface area contributed by atoms with Crippen molar-refractivity contribution in [2.24, 2.45) is 0 Å². The fourth-order valence-corrected chi connectivity index (χ4v) is 5.99. The van der Waals surface area contributed by atoms with Crippen LogP contribution in [0.5, 0.6) is 11.5 Å². The lowest BCUT2D eigenvalue weighted by atomic mass is 10.0. The van der Waals surface area contributed by atoms with Crippen molar-refractivity contribution < 1.29 is 14.3 Å². The van der Waals surface area contributed by atoms with Crippen molar-refractivity contribution in [3.63, 3.8) is 0 Å². The second-order valence-corrected chi connectivity index (χ2v) is 11.1. The second kappa shape index (κ2) is 12.0. The third-order valence-corrected chi connectivity index (χ3v) is 8.18. The van der Waals surface area contributed by atoms with E-state index in [-0.39, 0.29) is 23.8 Å². The third kappa shape index (κ3) is 5.48. The number of thiocarbonyl (C=S) groups is 1. The first-order valence-electron chi connectivity index (χ1n) is 13.0. The molecule has 0 spiro atoms. The van der Waals surface area contributed by atoms with Crippen molar-refractivity contribution >= 4 is 46.1 Å². The molecule has 0 radical (unpaired) electrons. The van der Waals surface area contributed by atoms with Crippen LogP contribution >= 0.6 is 24.0 Å².